The largest absolute Gasteiger partial charge is 0.465 e. The van der Waals surface area contributed by atoms with Crippen LogP contribution in [0, 0.1) is 11.3 Å². The van der Waals surface area contributed by atoms with Crippen molar-refractivity contribution in [3.8, 4) is 11.8 Å². The summed E-state index contributed by atoms with van der Waals surface area (Å²) < 4.78 is 70.0. The lowest BCUT2D eigenvalue weighted by Gasteiger charge is -2.14. The van der Waals surface area contributed by atoms with E-state index in [4.69, 9.17) is 5.26 Å². The Morgan fingerprint density at radius 2 is 2.00 bits per heavy atom. The zero-order valence-electron chi connectivity index (χ0n) is 10.2. The average Bonchev–Trinajstić information content (AvgIpc) is 2.36. The van der Waals surface area contributed by atoms with Crippen LogP contribution in [0.25, 0.3) is 0 Å². The molecule has 0 aromatic heterocycles. The number of rotatable bonds is 4. The number of benzene rings is 1. The number of halogens is 5. The van der Waals surface area contributed by atoms with Gasteiger partial charge in [0, 0.05) is 4.90 Å². The molecular weight excluding hydrogens is 321 g/mol. The Morgan fingerprint density at radius 1 is 1.38 bits per heavy atom. The molecule has 0 saturated heterocycles. The van der Waals surface area contributed by atoms with Gasteiger partial charge in [0.15, 0.2) is 5.75 Å². The smallest absolute Gasteiger partial charge is 0.446 e. The molecule has 114 valence electrons. The normalized spacial score (nSPS) is 11.1. The second-order valence-electron chi connectivity index (χ2n) is 3.35. The fourth-order valence-corrected chi connectivity index (χ4v) is 1.99. The van der Waals surface area contributed by atoms with Gasteiger partial charge in [0.2, 0.25) is 0 Å². The zero-order valence-corrected chi connectivity index (χ0v) is 11.0. The molecule has 10 heteroatoms. The van der Waals surface area contributed by atoms with Crippen molar-refractivity contribution in [1.82, 2.24) is 0 Å². The fraction of sp³-hybridized carbons (Fsp3) is 0.273. The van der Waals surface area contributed by atoms with Crippen LogP contribution in [-0.4, -0.2) is 25.2 Å². The van der Waals surface area contributed by atoms with E-state index in [-0.39, 0.29) is 0 Å². The van der Waals surface area contributed by atoms with Crippen LogP contribution >= 0.6 is 11.8 Å². The van der Waals surface area contributed by atoms with Gasteiger partial charge in [-0.1, -0.05) is 0 Å². The number of alkyl halides is 5. The second-order valence-corrected chi connectivity index (χ2v) is 4.45. The molecule has 0 unspecified atom stereocenters. The molecule has 0 amide bonds. The summed E-state index contributed by atoms with van der Waals surface area (Å²) >= 11 is -0.678. The number of thioether (sulfide) groups is 1. The van der Waals surface area contributed by atoms with Crippen molar-refractivity contribution in [2.45, 2.75) is 17.0 Å². The van der Waals surface area contributed by atoms with E-state index in [1.54, 1.807) is 0 Å². The molecular formula is C11H6F5NO3S. The third-order valence-electron chi connectivity index (χ3n) is 2.07. The summed E-state index contributed by atoms with van der Waals surface area (Å²) in [6.45, 7) is -3.42. The second kappa shape index (κ2) is 6.62. The number of nitriles is 1. The van der Waals surface area contributed by atoms with Crippen LogP contribution in [0.5, 0.6) is 5.75 Å². The molecule has 0 N–H and O–H groups in total. The SMILES string of the molecule is COC(=O)c1ccc(SC(F)(F)F)c(C#N)c1OC(F)F. The van der Waals surface area contributed by atoms with Gasteiger partial charge in [0.05, 0.1) is 7.11 Å². The number of esters is 1. The predicted molar refractivity (Wildman–Crippen MR) is 61.0 cm³/mol. The average molecular weight is 327 g/mol. The molecule has 1 rings (SSSR count). The van der Waals surface area contributed by atoms with Gasteiger partial charge >= 0.3 is 18.1 Å². The summed E-state index contributed by atoms with van der Waals surface area (Å²) in [5.41, 5.74) is -6.12. The third-order valence-corrected chi connectivity index (χ3v) is 2.86. The molecule has 0 radical (unpaired) electrons. The molecule has 0 aliphatic heterocycles. The highest BCUT2D eigenvalue weighted by atomic mass is 32.2. The van der Waals surface area contributed by atoms with Gasteiger partial charge in [-0.25, -0.2) is 4.79 Å². The van der Waals surface area contributed by atoms with Gasteiger partial charge in [-0.3, -0.25) is 0 Å². The first-order chi connectivity index (χ1) is 9.69. The molecule has 0 saturated carbocycles. The van der Waals surface area contributed by atoms with E-state index in [0.717, 1.165) is 19.2 Å². The summed E-state index contributed by atoms with van der Waals surface area (Å²) in [5, 5.41) is 8.88. The lowest BCUT2D eigenvalue weighted by atomic mass is 10.1. The maximum atomic E-state index is 12.4. The van der Waals surface area contributed by atoms with Gasteiger partial charge in [-0.05, 0) is 23.9 Å². The highest BCUT2D eigenvalue weighted by Crippen LogP contribution is 2.42. The fourth-order valence-electron chi connectivity index (χ4n) is 1.36. The summed E-state index contributed by atoms with van der Waals surface area (Å²) in [6.07, 6.45) is 0. The van der Waals surface area contributed by atoms with Crippen LogP contribution in [0.15, 0.2) is 17.0 Å². The first kappa shape index (κ1) is 17.0. The Morgan fingerprint density at radius 3 is 2.43 bits per heavy atom. The number of carbonyl (C=O) groups excluding carboxylic acids is 1. The molecule has 0 spiro atoms. The summed E-state index contributed by atoms with van der Waals surface area (Å²) in [5.74, 6) is -2.07. The van der Waals surface area contributed by atoms with E-state index in [1.807, 2.05) is 0 Å². The predicted octanol–water partition coefficient (Wildman–Crippen LogP) is 3.56. The van der Waals surface area contributed by atoms with E-state index < -0.39 is 51.6 Å². The summed E-state index contributed by atoms with van der Waals surface area (Å²) in [6, 6.07) is 2.95. The lowest BCUT2D eigenvalue weighted by Crippen LogP contribution is -2.12. The third kappa shape index (κ3) is 4.49. The topological polar surface area (TPSA) is 59.3 Å². The number of hydrogen-bond donors (Lipinski definition) is 0. The summed E-state index contributed by atoms with van der Waals surface area (Å²) in [7, 11) is 0.943. The molecule has 21 heavy (non-hydrogen) atoms. The minimum absolute atomic E-state index is 0.569. The Hall–Kier alpha value is -2.02. The number of carbonyl (C=O) groups is 1. The molecule has 0 bridgehead atoms. The monoisotopic (exact) mass is 327 g/mol. The number of ether oxygens (including phenoxy) is 2. The van der Waals surface area contributed by atoms with E-state index in [0.29, 0.717) is 0 Å². The van der Waals surface area contributed by atoms with Gasteiger partial charge < -0.3 is 9.47 Å². The lowest BCUT2D eigenvalue weighted by molar-refractivity contribution is -0.0507. The number of methoxy groups -OCH3 is 1. The van der Waals surface area contributed by atoms with Crippen LogP contribution in [-0.2, 0) is 4.74 Å². The summed E-state index contributed by atoms with van der Waals surface area (Å²) in [4.78, 5) is 10.7. The Kier molecular flexibility index (Phi) is 5.37. The standard InChI is InChI=1S/C11H6F5NO3S/c1-19-9(18)5-2-3-7(21-11(14,15)16)6(4-17)8(5)20-10(12)13/h2-3,10H,1H3. The first-order valence-electron chi connectivity index (χ1n) is 5.05. The molecule has 4 nitrogen and oxygen atoms in total. The van der Waals surface area contributed by atoms with E-state index in [2.05, 4.69) is 9.47 Å². The molecule has 1 aromatic rings. The van der Waals surface area contributed by atoms with Crippen LogP contribution < -0.4 is 4.74 Å². The zero-order chi connectivity index (χ0) is 16.2. The van der Waals surface area contributed by atoms with Crippen molar-refractivity contribution in [1.29, 1.82) is 5.26 Å². The van der Waals surface area contributed by atoms with E-state index >= 15 is 0 Å². The maximum absolute atomic E-state index is 12.4. The highest BCUT2D eigenvalue weighted by molar-refractivity contribution is 8.00. The van der Waals surface area contributed by atoms with Crippen LogP contribution in [0.4, 0.5) is 22.0 Å². The quantitative estimate of drug-likeness (QED) is 0.481. The highest BCUT2D eigenvalue weighted by Gasteiger charge is 2.33. The molecule has 1 aromatic carbocycles. The Bertz CT molecular complexity index is 582. The molecule has 0 aliphatic rings. The molecule has 0 fully saturated rings. The minimum Gasteiger partial charge on any atom is -0.465 e. The van der Waals surface area contributed by atoms with E-state index in [1.165, 1.54) is 6.07 Å². The molecule has 0 heterocycles. The van der Waals surface area contributed by atoms with Gasteiger partial charge in [0.1, 0.15) is 17.2 Å². The van der Waals surface area contributed by atoms with Crippen LogP contribution in [0.3, 0.4) is 0 Å². The van der Waals surface area contributed by atoms with Crippen molar-refractivity contribution >= 4 is 17.7 Å². The van der Waals surface area contributed by atoms with Crippen LogP contribution in [0.1, 0.15) is 15.9 Å². The van der Waals surface area contributed by atoms with Crippen molar-refractivity contribution in [2.75, 3.05) is 7.11 Å². The maximum Gasteiger partial charge on any atom is 0.446 e. The van der Waals surface area contributed by atoms with Gasteiger partial charge in [-0.2, -0.15) is 27.2 Å². The van der Waals surface area contributed by atoms with Gasteiger partial charge in [0.25, 0.3) is 0 Å². The van der Waals surface area contributed by atoms with Crippen LogP contribution in [0.2, 0.25) is 0 Å². The van der Waals surface area contributed by atoms with Crippen molar-refractivity contribution in [3.63, 3.8) is 0 Å². The van der Waals surface area contributed by atoms with Gasteiger partial charge in [-0.15, -0.1) is 0 Å². The molecule has 0 atom stereocenters. The van der Waals surface area contributed by atoms with Crippen molar-refractivity contribution in [3.05, 3.63) is 23.3 Å². The van der Waals surface area contributed by atoms with Crippen molar-refractivity contribution < 1.29 is 36.2 Å². The molecule has 0 aliphatic carbocycles. The van der Waals surface area contributed by atoms with Crippen molar-refractivity contribution in [2.24, 2.45) is 0 Å². The Labute approximate surface area is 119 Å². The van der Waals surface area contributed by atoms with E-state index in [9.17, 15) is 26.7 Å². The minimum atomic E-state index is -4.74. The Balaban J connectivity index is 3.46. The number of hydrogen-bond acceptors (Lipinski definition) is 5. The number of nitrogens with zero attached hydrogens (tertiary/aromatic N) is 1. The first-order valence-corrected chi connectivity index (χ1v) is 5.87.